The Balaban J connectivity index is 1.80. The Morgan fingerprint density at radius 3 is 2.64 bits per heavy atom. The maximum atomic E-state index is 11.9. The van der Waals surface area contributed by atoms with Crippen LogP contribution in [0.15, 0.2) is 34.7 Å². The minimum Gasteiger partial charge on any atom is -0.356 e. The van der Waals surface area contributed by atoms with Gasteiger partial charge in [-0.25, -0.2) is 0 Å². The molecule has 1 amide bonds. The van der Waals surface area contributed by atoms with Gasteiger partial charge in [0.05, 0.1) is 5.75 Å². The molecule has 1 aromatic carbocycles. The molecule has 0 unspecified atom stereocenters. The minimum absolute atomic E-state index is 0.143. The van der Waals surface area contributed by atoms with Crippen molar-refractivity contribution in [1.29, 1.82) is 0 Å². The van der Waals surface area contributed by atoms with Crippen LogP contribution in [0.1, 0.15) is 19.4 Å². The Morgan fingerprint density at radius 2 is 1.95 bits per heavy atom. The Hall–Kier alpha value is -1.60. The third-order valence-corrected chi connectivity index (χ3v) is 5.13. The molecule has 0 aliphatic heterocycles. The molecule has 7 heteroatoms. The monoisotopic (exact) mass is 336 g/mol. The number of thioether (sulfide) groups is 1. The van der Waals surface area contributed by atoms with Crippen molar-refractivity contribution >= 4 is 34.1 Å². The first-order valence-corrected chi connectivity index (χ1v) is 9.05. The van der Waals surface area contributed by atoms with E-state index in [1.54, 1.807) is 0 Å². The molecule has 0 fully saturated rings. The first kappa shape index (κ1) is 16.8. The van der Waals surface area contributed by atoms with Gasteiger partial charge in [0, 0.05) is 19.6 Å². The fourth-order valence-electron chi connectivity index (χ4n) is 1.90. The van der Waals surface area contributed by atoms with Crippen LogP contribution in [0.5, 0.6) is 0 Å². The van der Waals surface area contributed by atoms with Crippen LogP contribution in [0.3, 0.4) is 0 Å². The van der Waals surface area contributed by atoms with Crippen molar-refractivity contribution in [3.05, 3.63) is 35.9 Å². The smallest absolute Gasteiger partial charge is 0.233 e. The molecule has 0 atom stereocenters. The molecule has 0 aliphatic carbocycles. The van der Waals surface area contributed by atoms with Crippen LogP contribution in [-0.4, -0.2) is 39.8 Å². The van der Waals surface area contributed by atoms with Gasteiger partial charge in [0.2, 0.25) is 11.0 Å². The molecule has 118 valence electrons. The topological polar surface area (TPSA) is 58.1 Å². The summed E-state index contributed by atoms with van der Waals surface area (Å²) in [7, 11) is 0. The van der Waals surface area contributed by atoms with Gasteiger partial charge in [-0.15, -0.1) is 10.2 Å². The van der Waals surface area contributed by atoms with Crippen LogP contribution >= 0.6 is 23.1 Å². The number of rotatable bonds is 8. The van der Waals surface area contributed by atoms with Crippen molar-refractivity contribution in [2.75, 3.05) is 24.2 Å². The SMILES string of the molecule is CCN(CC)C(=O)CSc1nnc(NCc2ccccc2)s1. The van der Waals surface area contributed by atoms with Crippen LogP contribution in [0.2, 0.25) is 0 Å². The number of carbonyl (C=O) groups excluding carboxylic acids is 1. The number of hydrogen-bond acceptors (Lipinski definition) is 6. The number of hydrogen-bond donors (Lipinski definition) is 1. The second-order valence-electron chi connectivity index (χ2n) is 4.57. The molecule has 22 heavy (non-hydrogen) atoms. The zero-order valence-electron chi connectivity index (χ0n) is 12.8. The zero-order valence-corrected chi connectivity index (χ0v) is 14.4. The molecule has 1 N–H and O–H groups in total. The van der Waals surface area contributed by atoms with E-state index >= 15 is 0 Å². The molecule has 0 saturated heterocycles. The number of nitrogens with one attached hydrogen (secondary N) is 1. The minimum atomic E-state index is 0.143. The number of carbonyl (C=O) groups is 1. The fourth-order valence-corrected chi connectivity index (χ4v) is 3.55. The van der Waals surface area contributed by atoms with Crippen LogP contribution < -0.4 is 5.32 Å². The lowest BCUT2D eigenvalue weighted by Gasteiger charge is -2.17. The van der Waals surface area contributed by atoms with Gasteiger partial charge in [-0.1, -0.05) is 53.4 Å². The van der Waals surface area contributed by atoms with Crippen molar-refractivity contribution in [3.63, 3.8) is 0 Å². The molecule has 1 aromatic heterocycles. The largest absolute Gasteiger partial charge is 0.356 e. The molecule has 0 saturated carbocycles. The summed E-state index contributed by atoms with van der Waals surface area (Å²) in [6, 6.07) is 10.1. The van der Waals surface area contributed by atoms with Crippen LogP contribution in [0.4, 0.5) is 5.13 Å². The predicted octanol–water partition coefficient (Wildman–Crippen LogP) is 3.11. The summed E-state index contributed by atoms with van der Waals surface area (Å²) in [5, 5.41) is 12.2. The fraction of sp³-hybridized carbons (Fsp3) is 0.400. The highest BCUT2D eigenvalue weighted by Crippen LogP contribution is 2.25. The zero-order chi connectivity index (χ0) is 15.8. The standard InChI is InChI=1S/C15H20N4OS2/c1-3-19(4-2)13(20)11-21-15-18-17-14(22-15)16-10-12-8-6-5-7-9-12/h5-9H,3-4,10-11H2,1-2H3,(H,16,17). The van der Waals surface area contributed by atoms with Crippen molar-refractivity contribution in [2.24, 2.45) is 0 Å². The molecule has 0 bridgehead atoms. The highest BCUT2D eigenvalue weighted by molar-refractivity contribution is 8.01. The molecule has 0 radical (unpaired) electrons. The first-order valence-electron chi connectivity index (χ1n) is 7.24. The van der Waals surface area contributed by atoms with Gasteiger partial charge in [0.15, 0.2) is 4.34 Å². The van der Waals surface area contributed by atoms with Gasteiger partial charge in [-0.3, -0.25) is 4.79 Å². The average molecular weight is 336 g/mol. The normalized spacial score (nSPS) is 10.5. The molecule has 2 rings (SSSR count). The van der Waals surface area contributed by atoms with E-state index in [2.05, 4.69) is 27.6 Å². The lowest BCUT2D eigenvalue weighted by molar-refractivity contribution is -0.127. The van der Waals surface area contributed by atoms with Crippen molar-refractivity contribution in [2.45, 2.75) is 24.7 Å². The van der Waals surface area contributed by atoms with E-state index < -0.39 is 0 Å². The second kappa shape index (κ2) is 8.75. The highest BCUT2D eigenvalue weighted by atomic mass is 32.2. The first-order chi connectivity index (χ1) is 10.7. The molecular weight excluding hydrogens is 316 g/mol. The van der Waals surface area contributed by atoms with Crippen LogP contribution in [-0.2, 0) is 11.3 Å². The Bertz CT molecular complexity index is 584. The lowest BCUT2D eigenvalue weighted by Crippen LogP contribution is -2.31. The number of anilines is 1. The summed E-state index contributed by atoms with van der Waals surface area (Å²) < 4.78 is 0.816. The second-order valence-corrected chi connectivity index (χ2v) is 6.77. The molecule has 5 nitrogen and oxygen atoms in total. The van der Waals surface area contributed by atoms with Gasteiger partial charge in [-0.2, -0.15) is 0 Å². The highest BCUT2D eigenvalue weighted by Gasteiger charge is 2.12. The summed E-state index contributed by atoms with van der Waals surface area (Å²) in [6.45, 7) is 6.19. The summed E-state index contributed by atoms with van der Waals surface area (Å²) >= 11 is 2.92. The lowest BCUT2D eigenvalue weighted by atomic mass is 10.2. The summed E-state index contributed by atoms with van der Waals surface area (Å²) in [4.78, 5) is 13.8. The van der Waals surface area contributed by atoms with Crippen molar-refractivity contribution in [1.82, 2.24) is 15.1 Å². The van der Waals surface area contributed by atoms with Gasteiger partial charge < -0.3 is 10.2 Å². The maximum absolute atomic E-state index is 11.9. The maximum Gasteiger partial charge on any atom is 0.233 e. The Kier molecular flexibility index (Phi) is 6.67. The van der Waals surface area contributed by atoms with E-state index in [0.717, 1.165) is 29.1 Å². The summed E-state index contributed by atoms with van der Waals surface area (Å²) in [5.74, 6) is 0.554. The van der Waals surface area contributed by atoms with E-state index in [9.17, 15) is 4.79 Å². The molecule has 0 aliphatic rings. The van der Waals surface area contributed by atoms with Crippen LogP contribution in [0, 0.1) is 0 Å². The summed E-state index contributed by atoms with van der Waals surface area (Å²) in [6.07, 6.45) is 0. The number of amides is 1. The quantitative estimate of drug-likeness (QED) is 0.751. The average Bonchev–Trinajstić information content (AvgIpc) is 3.01. The van der Waals surface area contributed by atoms with E-state index in [1.165, 1.54) is 28.7 Å². The Morgan fingerprint density at radius 1 is 1.23 bits per heavy atom. The van der Waals surface area contributed by atoms with Crippen molar-refractivity contribution in [3.8, 4) is 0 Å². The Labute approximate surface area is 139 Å². The van der Waals surface area contributed by atoms with E-state index in [1.807, 2.05) is 36.9 Å². The van der Waals surface area contributed by atoms with E-state index in [0.29, 0.717) is 5.75 Å². The number of nitrogens with zero attached hydrogens (tertiary/aromatic N) is 3. The van der Waals surface area contributed by atoms with E-state index in [4.69, 9.17) is 0 Å². The molecule has 2 aromatic rings. The van der Waals surface area contributed by atoms with Gasteiger partial charge >= 0.3 is 0 Å². The van der Waals surface area contributed by atoms with Gasteiger partial charge in [0.1, 0.15) is 0 Å². The number of benzene rings is 1. The molecule has 1 heterocycles. The van der Waals surface area contributed by atoms with Crippen molar-refractivity contribution < 1.29 is 4.79 Å². The summed E-state index contributed by atoms with van der Waals surface area (Å²) in [5.41, 5.74) is 1.20. The molecular formula is C15H20N4OS2. The van der Waals surface area contributed by atoms with Gasteiger partial charge in [-0.05, 0) is 19.4 Å². The third kappa shape index (κ3) is 4.99. The van der Waals surface area contributed by atoms with Gasteiger partial charge in [0.25, 0.3) is 0 Å². The molecule has 0 spiro atoms. The predicted molar refractivity (Wildman–Crippen MR) is 92.3 cm³/mol. The van der Waals surface area contributed by atoms with E-state index in [-0.39, 0.29) is 5.91 Å². The number of aromatic nitrogens is 2. The van der Waals surface area contributed by atoms with Crippen LogP contribution in [0.25, 0.3) is 0 Å². The third-order valence-electron chi connectivity index (χ3n) is 3.13.